The molecule has 0 bridgehead atoms. The van der Waals surface area contributed by atoms with Crippen molar-refractivity contribution in [1.29, 1.82) is 0 Å². The predicted molar refractivity (Wildman–Crippen MR) is 69.7 cm³/mol. The normalized spacial score (nSPS) is 24.6. The van der Waals surface area contributed by atoms with Crippen LogP contribution < -0.4 is 5.32 Å². The van der Waals surface area contributed by atoms with Crippen LogP contribution in [-0.4, -0.2) is 37.6 Å². The third kappa shape index (κ3) is 4.06. The lowest BCUT2D eigenvalue weighted by Crippen LogP contribution is -2.35. The Kier molecular flexibility index (Phi) is 5.11. The molecule has 0 aromatic rings. The van der Waals surface area contributed by atoms with Crippen LogP contribution in [0.5, 0.6) is 0 Å². The van der Waals surface area contributed by atoms with Crippen molar-refractivity contribution in [3.8, 4) is 0 Å². The van der Waals surface area contributed by atoms with Crippen molar-refractivity contribution < 1.29 is 0 Å². The summed E-state index contributed by atoms with van der Waals surface area (Å²) in [5.74, 6) is 1.98. The monoisotopic (exact) mass is 224 g/mol. The molecule has 0 atom stereocenters. The van der Waals surface area contributed by atoms with Gasteiger partial charge in [0.1, 0.15) is 0 Å². The second kappa shape index (κ2) is 6.61. The zero-order valence-corrected chi connectivity index (χ0v) is 10.9. The van der Waals surface area contributed by atoms with E-state index in [1.807, 2.05) is 0 Å². The predicted octanol–water partition coefficient (Wildman–Crippen LogP) is 2.50. The molecule has 1 aliphatic heterocycles. The van der Waals surface area contributed by atoms with Crippen LogP contribution in [0.15, 0.2) is 0 Å². The van der Waals surface area contributed by atoms with Gasteiger partial charge < -0.3 is 10.2 Å². The number of hydrogen-bond donors (Lipinski definition) is 1. The summed E-state index contributed by atoms with van der Waals surface area (Å²) in [6.45, 7) is 8.87. The minimum atomic E-state index is 0.966. The summed E-state index contributed by atoms with van der Waals surface area (Å²) < 4.78 is 0. The highest BCUT2D eigenvalue weighted by molar-refractivity contribution is 4.72. The Morgan fingerprint density at radius 1 is 1.12 bits per heavy atom. The third-order valence-electron chi connectivity index (χ3n) is 4.36. The van der Waals surface area contributed by atoms with Crippen molar-refractivity contribution >= 4 is 0 Å². The summed E-state index contributed by atoms with van der Waals surface area (Å²) in [5.41, 5.74) is 0. The lowest BCUT2D eigenvalue weighted by atomic mass is 9.85. The van der Waals surface area contributed by atoms with Gasteiger partial charge in [-0.15, -0.1) is 0 Å². The first-order valence-electron chi connectivity index (χ1n) is 7.27. The van der Waals surface area contributed by atoms with Crippen molar-refractivity contribution in [3.05, 3.63) is 0 Å². The van der Waals surface area contributed by atoms with Crippen LogP contribution in [-0.2, 0) is 0 Å². The van der Waals surface area contributed by atoms with Gasteiger partial charge in [0.15, 0.2) is 0 Å². The number of rotatable bonds is 6. The first kappa shape index (κ1) is 12.4. The van der Waals surface area contributed by atoms with E-state index in [2.05, 4.69) is 17.1 Å². The summed E-state index contributed by atoms with van der Waals surface area (Å²) in [5, 5.41) is 3.61. The number of likely N-dealkylation sites (tertiary alicyclic amines) is 1. The molecule has 16 heavy (non-hydrogen) atoms. The fourth-order valence-electron chi connectivity index (χ4n) is 2.72. The molecule has 2 fully saturated rings. The van der Waals surface area contributed by atoms with E-state index in [-0.39, 0.29) is 0 Å². The Morgan fingerprint density at radius 2 is 1.88 bits per heavy atom. The van der Waals surface area contributed by atoms with Gasteiger partial charge in [-0.25, -0.2) is 0 Å². The van der Waals surface area contributed by atoms with Crippen LogP contribution in [0.3, 0.4) is 0 Å². The molecule has 1 aliphatic carbocycles. The zero-order chi connectivity index (χ0) is 11.2. The van der Waals surface area contributed by atoms with Crippen LogP contribution in [0, 0.1) is 11.8 Å². The minimum Gasteiger partial charge on any atom is -0.316 e. The number of piperidine rings is 1. The first-order valence-corrected chi connectivity index (χ1v) is 7.27. The molecule has 0 spiro atoms. The fraction of sp³-hybridized carbons (Fsp3) is 1.00. The van der Waals surface area contributed by atoms with Gasteiger partial charge in [0, 0.05) is 0 Å². The second-order valence-electron chi connectivity index (χ2n) is 5.88. The van der Waals surface area contributed by atoms with Crippen molar-refractivity contribution in [2.75, 3.05) is 32.7 Å². The van der Waals surface area contributed by atoms with Crippen molar-refractivity contribution in [2.24, 2.45) is 11.8 Å². The molecular weight excluding hydrogens is 196 g/mol. The van der Waals surface area contributed by atoms with Crippen LogP contribution in [0.25, 0.3) is 0 Å². The molecule has 1 saturated heterocycles. The highest BCUT2D eigenvalue weighted by Gasteiger charge is 2.17. The maximum Gasteiger partial charge on any atom is -0.000664 e. The van der Waals surface area contributed by atoms with Gasteiger partial charge in [0.25, 0.3) is 0 Å². The molecule has 2 heteroatoms. The van der Waals surface area contributed by atoms with Crippen LogP contribution in [0.4, 0.5) is 0 Å². The molecule has 0 amide bonds. The lowest BCUT2D eigenvalue weighted by Gasteiger charge is -2.30. The second-order valence-corrected chi connectivity index (χ2v) is 5.88. The van der Waals surface area contributed by atoms with Crippen molar-refractivity contribution in [3.63, 3.8) is 0 Å². The molecule has 2 aliphatic rings. The van der Waals surface area contributed by atoms with Gasteiger partial charge >= 0.3 is 0 Å². The lowest BCUT2D eigenvalue weighted by molar-refractivity contribution is 0.189. The summed E-state index contributed by atoms with van der Waals surface area (Å²) in [4.78, 5) is 2.64. The van der Waals surface area contributed by atoms with E-state index >= 15 is 0 Å². The molecule has 1 heterocycles. The molecule has 0 unspecified atom stereocenters. The van der Waals surface area contributed by atoms with E-state index in [1.54, 1.807) is 0 Å². The fourth-order valence-corrected chi connectivity index (χ4v) is 2.72. The summed E-state index contributed by atoms with van der Waals surface area (Å²) in [6, 6.07) is 0. The molecule has 1 N–H and O–H groups in total. The van der Waals surface area contributed by atoms with Crippen LogP contribution >= 0.6 is 0 Å². The Bertz CT molecular complexity index is 181. The Labute approximate surface area is 101 Å². The van der Waals surface area contributed by atoms with Gasteiger partial charge in [0.05, 0.1) is 0 Å². The first-order chi connectivity index (χ1) is 7.84. The molecule has 2 rings (SSSR count). The Morgan fingerprint density at radius 3 is 2.50 bits per heavy atom. The van der Waals surface area contributed by atoms with Gasteiger partial charge in [-0.1, -0.05) is 13.3 Å². The Hall–Kier alpha value is -0.0800. The zero-order valence-electron chi connectivity index (χ0n) is 10.9. The maximum atomic E-state index is 3.61. The van der Waals surface area contributed by atoms with E-state index in [0.717, 1.165) is 11.8 Å². The summed E-state index contributed by atoms with van der Waals surface area (Å²) in [6.07, 6.45) is 8.57. The number of nitrogens with one attached hydrogen (secondary N) is 1. The standard InChI is InChI=1S/C14H28N2/c1-13-6-10-16(11-7-13)9-3-8-15-12-14-4-2-5-14/h13-15H,2-12H2,1H3. The average molecular weight is 224 g/mol. The average Bonchev–Trinajstić information content (AvgIpc) is 2.23. The van der Waals surface area contributed by atoms with Crippen molar-refractivity contribution in [2.45, 2.75) is 45.4 Å². The van der Waals surface area contributed by atoms with E-state index < -0.39 is 0 Å². The summed E-state index contributed by atoms with van der Waals surface area (Å²) >= 11 is 0. The van der Waals surface area contributed by atoms with E-state index in [9.17, 15) is 0 Å². The molecule has 0 aromatic heterocycles. The molecule has 2 nitrogen and oxygen atoms in total. The third-order valence-corrected chi connectivity index (χ3v) is 4.36. The number of hydrogen-bond acceptors (Lipinski definition) is 2. The van der Waals surface area contributed by atoms with E-state index in [0.29, 0.717) is 0 Å². The molecular formula is C14H28N2. The quantitative estimate of drug-likeness (QED) is 0.697. The molecule has 0 aromatic carbocycles. The van der Waals surface area contributed by atoms with E-state index in [1.165, 1.54) is 71.2 Å². The summed E-state index contributed by atoms with van der Waals surface area (Å²) in [7, 11) is 0. The minimum absolute atomic E-state index is 0.966. The SMILES string of the molecule is CC1CCN(CCCNCC2CCC2)CC1. The Balaban J connectivity index is 1.42. The van der Waals surface area contributed by atoms with Gasteiger partial charge in [-0.3, -0.25) is 0 Å². The highest BCUT2D eigenvalue weighted by atomic mass is 15.1. The molecule has 1 saturated carbocycles. The van der Waals surface area contributed by atoms with Crippen LogP contribution in [0.2, 0.25) is 0 Å². The van der Waals surface area contributed by atoms with Gasteiger partial charge in [0.2, 0.25) is 0 Å². The highest BCUT2D eigenvalue weighted by Crippen LogP contribution is 2.25. The van der Waals surface area contributed by atoms with Crippen LogP contribution in [0.1, 0.15) is 45.4 Å². The van der Waals surface area contributed by atoms with E-state index in [4.69, 9.17) is 0 Å². The molecule has 94 valence electrons. The van der Waals surface area contributed by atoms with Crippen molar-refractivity contribution in [1.82, 2.24) is 10.2 Å². The molecule has 0 radical (unpaired) electrons. The maximum absolute atomic E-state index is 3.61. The van der Waals surface area contributed by atoms with Gasteiger partial charge in [-0.05, 0) is 76.7 Å². The largest absolute Gasteiger partial charge is 0.316 e. The number of nitrogens with zero attached hydrogens (tertiary/aromatic N) is 1. The van der Waals surface area contributed by atoms with Gasteiger partial charge in [-0.2, -0.15) is 0 Å². The smallest absolute Gasteiger partial charge is 0.000664 e. The topological polar surface area (TPSA) is 15.3 Å².